The van der Waals surface area contributed by atoms with E-state index < -0.39 is 0 Å². The molecule has 3 heteroatoms. The van der Waals surface area contributed by atoms with Crippen molar-refractivity contribution in [1.29, 1.82) is 0 Å². The summed E-state index contributed by atoms with van der Waals surface area (Å²) in [5.41, 5.74) is 2.96. The lowest BCUT2D eigenvalue weighted by Gasteiger charge is -2.26. The summed E-state index contributed by atoms with van der Waals surface area (Å²) in [5.74, 6) is 0. The molecule has 2 heterocycles. The maximum Gasteiger partial charge on any atom is 0.0594 e. The van der Waals surface area contributed by atoms with Gasteiger partial charge in [0.2, 0.25) is 0 Å². The predicted molar refractivity (Wildman–Crippen MR) is 87.9 cm³/mol. The van der Waals surface area contributed by atoms with Crippen LogP contribution >= 0.6 is 0 Å². The highest BCUT2D eigenvalue weighted by atomic mass is 16.5. The van der Waals surface area contributed by atoms with Crippen LogP contribution in [0.2, 0.25) is 0 Å². The summed E-state index contributed by atoms with van der Waals surface area (Å²) in [7, 11) is 0. The van der Waals surface area contributed by atoms with Crippen molar-refractivity contribution >= 4 is 10.9 Å². The molecule has 1 aliphatic heterocycles. The van der Waals surface area contributed by atoms with Crippen LogP contribution in [0.3, 0.4) is 0 Å². The van der Waals surface area contributed by atoms with E-state index in [1.54, 1.807) is 0 Å². The van der Waals surface area contributed by atoms with Crippen molar-refractivity contribution in [2.75, 3.05) is 32.8 Å². The normalized spacial score (nSPS) is 17.5. The molecule has 3 rings (SSSR count). The topological polar surface area (TPSA) is 17.4 Å². The maximum atomic E-state index is 5.40. The lowest BCUT2D eigenvalue weighted by atomic mass is 9.86. The van der Waals surface area contributed by atoms with E-state index in [2.05, 4.69) is 60.7 Å². The van der Waals surface area contributed by atoms with Crippen LogP contribution in [0.1, 0.15) is 26.3 Å². The molecule has 0 unspecified atom stereocenters. The van der Waals surface area contributed by atoms with E-state index in [-0.39, 0.29) is 5.41 Å². The van der Waals surface area contributed by atoms with Crippen LogP contribution in [0.15, 0.2) is 30.5 Å². The summed E-state index contributed by atoms with van der Waals surface area (Å²) < 4.78 is 7.78. The number of morpholine rings is 1. The molecule has 114 valence electrons. The molecular weight excluding hydrogens is 260 g/mol. The van der Waals surface area contributed by atoms with Gasteiger partial charge in [-0.15, -0.1) is 0 Å². The fourth-order valence-corrected chi connectivity index (χ4v) is 2.94. The number of ether oxygens (including phenoxy) is 1. The van der Waals surface area contributed by atoms with E-state index >= 15 is 0 Å². The summed E-state index contributed by atoms with van der Waals surface area (Å²) in [6.45, 7) is 12.8. The maximum absolute atomic E-state index is 5.40. The van der Waals surface area contributed by atoms with Crippen molar-refractivity contribution in [2.24, 2.45) is 0 Å². The molecule has 0 amide bonds. The second kappa shape index (κ2) is 5.82. The average Bonchev–Trinajstić information content (AvgIpc) is 2.87. The molecule has 1 aliphatic rings. The molecule has 0 atom stereocenters. The molecule has 0 spiro atoms. The molecule has 0 radical (unpaired) electrons. The van der Waals surface area contributed by atoms with Crippen LogP contribution < -0.4 is 0 Å². The van der Waals surface area contributed by atoms with E-state index in [0.29, 0.717) is 0 Å². The van der Waals surface area contributed by atoms with Gasteiger partial charge in [0.05, 0.1) is 13.2 Å². The number of hydrogen-bond acceptors (Lipinski definition) is 2. The molecule has 0 N–H and O–H groups in total. The molecule has 21 heavy (non-hydrogen) atoms. The van der Waals surface area contributed by atoms with Crippen LogP contribution in [-0.4, -0.2) is 42.3 Å². The number of hydrogen-bond donors (Lipinski definition) is 0. The van der Waals surface area contributed by atoms with Crippen molar-refractivity contribution in [3.63, 3.8) is 0 Å². The molecule has 0 bridgehead atoms. The molecule has 1 saturated heterocycles. The summed E-state index contributed by atoms with van der Waals surface area (Å²) in [6.07, 6.45) is 2.22. The van der Waals surface area contributed by atoms with Gasteiger partial charge in [-0.2, -0.15) is 0 Å². The fourth-order valence-electron chi connectivity index (χ4n) is 2.94. The van der Waals surface area contributed by atoms with Crippen LogP contribution in [-0.2, 0) is 16.7 Å². The van der Waals surface area contributed by atoms with Crippen LogP contribution in [0.4, 0.5) is 0 Å². The van der Waals surface area contributed by atoms with Gasteiger partial charge < -0.3 is 9.30 Å². The van der Waals surface area contributed by atoms with E-state index in [4.69, 9.17) is 4.74 Å². The summed E-state index contributed by atoms with van der Waals surface area (Å²) in [6, 6.07) is 9.12. The number of fused-ring (bicyclic) bond motifs is 1. The van der Waals surface area contributed by atoms with Gasteiger partial charge in [0.15, 0.2) is 0 Å². The highest BCUT2D eigenvalue weighted by Crippen LogP contribution is 2.26. The van der Waals surface area contributed by atoms with Gasteiger partial charge in [0.25, 0.3) is 0 Å². The zero-order valence-corrected chi connectivity index (χ0v) is 13.4. The summed E-state index contributed by atoms with van der Waals surface area (Å²) in [4.78, 5) is 2.48. The molecular formula is C18H26N2O. The molecule has 1 fully saturated rings. The zero-order valence-electron chi connectivity index (χ0n) is 13.4. The minimum atomic E-state index is 0.212. The predicted octanol–water partition coefficient (Wildman–Crippen LogP) is 3.27. The van der Waals surface area contributed by atoms with Crippen LogP contribution in [0.5, 0.6) is 0 Å². The molecule has 1 aromatic heterocycles. The first-order valence-electron chi connectivity index (χ1n) is 7.93. The third kappa shape index (κ3) is 3.30. The Morgan fingerprint density at radius 2 is 1.81 bits per heavy atom. The number of aromatic nitrogens is 1. The Kier molecular flexibility index (Phi) is 4.05. The van der Waals surface area contributed by atoms with Gasteiger partial charge in [-0.25, -0.2) is 0 Å². The lowest BCUT2D eigenvalue weighted by molar-refractivity contribution is 0.0365. The Morgan fingerprint density at radius 1 is 1.05 bits per heavy atom. The van der Waals surface area contributed by atoms with Gasteiger partial charge in [0, 0.05) is 37.9 Å². The standard InChI is InChI=1S/C18H26N2O/c1-18(2,3)16-4-5-17-15(14-16)6-7-20(17)9-8-19-10-12-21-13-11-19/h4-7,14H,8-13H2,1-3H3. The Hall–Kier alpha value is -1.32. The number of nitrogens with zero attached hydrogens (tertiary/aromatic N) is 2. The average molecular weight is 286 g/mol. The van der Waals surface area contributed by atoms with E-state index in [9.17, 15) is 0 Å². The third-order valence-corrected chi connectivity index (χ3v) is 4.40. The SMILES string of the molecule is CC(C)(C)c1ccc2c(ccn2CCN2CCOCC2)c1. The summed E-state index contributed by atoms with van der Waals surface area (Å²) >= 11 is 0. The second-order valence-electron chi connectivity index (χ2n) is 6.99. The monoisotopic (exact) mass is 286 g/mol. The van der Waals surface area contributed by atoms with Crippen LogP contribution in [0, 0.1) is 0 Å². The van der Waals surface area contributed by atoms with Gasteiger partial charge >= 0.3 is 0 Å². The minimum absolute atomic E-state index is 0.212. The van der Waals surface area contributed by atoms with Crippen molar-refractivity contribution in [2.45, 2.75) is 32.7 Å². The fraction of sp³-hybridized carbons (Fsp3) is 0.556. The van der Waals surface area contributed by atoms with Gasteiger partial charge in [-0.3, -0.25) is 4.90 Å². The Labute approximate surface area is 127 Å². The highest BCUT2D eigenvalue weighted by molar-refractivity contribution is 5.81. The third-order valence-electron chi connectivity index (χ3n) is 4.40. The van der Waals surface area contributed by atoms with Gasteiger partial charge in [-0.05, 0) is 34.6 Å². The first kappa shape index (κ1) is 14.6. The molecule has 0 saturated carbocycles. The van der Waals surface area contributed by atoms with Crippen molar-refractivity contribution in [3.8, 4) is 0 Å². The second-order valence-corrected chi connectivity index (χ2v) is 6.99. The smallest absolute Gasteiger partial charge is 0.0594 e. The van der Waals surface area contributed by atoms with Crippen molar-refractivity contribution in [1.82, 2.24) is 9.47 Å². The Bertz CT molecular complexity index is 603. The Balaban J connectivity index is 1.74. The molecule has 2 aromatic rings. The first-order chi connectivity index (χ1) is 10.0. The largest absolute Gasteiger partial charge is 0.379 e. The zero-order chi connectivity index (χ0) is 14.9. The number of benzene rings is 1. The van der Waals surface area contributed by atoms with Crippen LogP contribution in [0.25, 0.3) is 10.9 Å². The minimum Gasteiger partial charge on any atom is -0.379 e. The summed E-state index contributed by atoms with van der Waals surface area (Å²) in [5, 5.41) is 1.35. The molecule has 1 aromatic carbocycles. The Morgan fingerprint density at radius 3 is 2.52 bits per heavy atom. The number of rotatable bonds is 3. The highest BCUT2D eigenvalue weighted by Gasteiger charge is 2.15. The van der Waals surface area contributed by atoms with Crippen molar-refractivity contribution in [3.05, 3.63) is 36.0 Å². The lowest BCUT2D eigenvalue weighted by Crippen LogP contribution is -2.38. The first-order valence-corrected chi connectivity index (χ1v) is 7.93. The van der Waals surface area contributed by atoms with E-state index in [1.165, 1.54) is 16.5 Å². The molecule has 3 nitrogen and oxygen atoms in total. The van der Waals surface area contributed by atoms with Gasteiger partial charge in [0.1, 0.15) is 0 Å². The molecule has 0 aliphatic carbocycles. The van der Waals surface area contributed by atoms with Gasteiger partial charge in [-0.1, -0.05) is 26.8 Å². The van der Waals surface area contributed by atoms with Crippen molar-refractivity contribution < 1.29 is 4.74 Å². The quantitative estimate of drug-likeness (QED) is 0.861. The van der Waals surface area contributed by atoms with E-state index in [1.807, 2.05) is 0 Å². The van der Waals surface area contributed by atoms with E-state index in [0.717, 1.165) is 39.4 Å².